The lowest BCUT2D eigenvalue weighted by Crippen LogP contribution is -2.33. The van der Waals surface area contributed by atoms with E-state index in [0.29, 0.717) is 0 Å². The quantitative estimate of drug-likeness (QED) is 0.752. The summed E-state index contributed by atoms with van der Waals surface area (Å²) in [6.07, 6.45) is 1.92. The number of hydrogen-bond acceptors (Lipinski definition) is 1. The lowest BCUT2D eigenvalue weighted by atomic mass is 10.1. The van der Waals surface area contributed by atoms with Crippen LogP contribution in [0.5, 0.6) is 0 Å². The molecule has 0 fully saturated rings. The number of aryl methyl sites for hydroxylation is 2. The monoisotopic (exact) mass is 393 g/mol. The van der Waals surface area contributed by atoms with Gasteiger partial charge < -0.3 is 5.32 Å². The lowest BCUT2D eigenvalue weighted by molar-refractivity contribution is 0.0937. The zero-order valence-electron chi connectivity index (χ0n) is 12.4. The number of nitrogens with one attached hydrogen (secondary N) is 1. The van der Waals surface area contributed by atoms with Crippen LogP contribution in [-0.4, -0.2) is 11.9 Å². The molecule has 0 spiro atoms. The van der Waals surface area contributed by atoms with E-state index in [1.807, 2.05) is 43.3 Å². The molecule has 2 nitrogen and oxygen atoms in total. The Bertz CT molecular complexity index is 610. The van der Waals surface area contributed by atoms with E-state index >= 15 is 0 Å². The molecule has 0 bridgehead atoms. The fourth-order valence-corrected chi connectivity index (χ4v) is 3.12. The van der Waals surface area contributed by atoms with Crippen molar-refractivity contribution in [3.05, 3.63) is 68.8 Å². The predicted octanol–water partition coefficient (Wildman–Crippen LogP) is 4.35. The normalized spacial score (nSPS) is 12.0. The first-order chi connectivity index (χ1) is 10.1. The molecule has 3 heteroatoms. The average Bonchev–Trinajstić information content (AvgIpc) is 2.46. The van der Waals surface area contributed by atoms with Crippen LogP contribution in [0, 0.1) is 10.5 Å². The third-order valence-corrected chi connectivity index (χ3v) is 4.35. The van der Waals surface area contributed by atoms with Gasteiger partial charge in [0.15, 0.2) is 0 Å². The molecule has 0 aliphatic carbocycles. The van der Waals surface area contributed by atoms with Crippen LogP contribution in [-0.2, 0) is 6.42 Å². The number of rotatable bonds is 5. The minimum absolute atomic E-state index is 0.0139. The summed E-state index contributed by atoms with van der Waals surface area (Å²) in [6, 6.07) is 16.4. The SMILES string of the molecule is Cc1ccc(C(=O)N[C@H](C)CCc2ccccc2)c(I)c1. The van der Waals surface area contributed by atoms with Gasteiger partial charge in [-0.25, -0.2) is 0 Å². The molecule has 21 heavy (non-hydrogen) atoms. The van der Waals surface area contributed by atoms with Crippen LogP contribution in [0.15, 0.2) is 48.5 Å². The first-order valence-corrected chi connectivity index (χ1v) is 8.25. The van der Waals surface area contributed by atoms with Crippen molar-refractivity contribution in [1.82, 2.24) is 5.32 Å². The van der Waals surface area contributed by atoms with E-state index in [1.54, 1.807) is 0 Å². The second kappa shape index (κ2) is 7.59. The van der Waals surface area contributed by atoms with Crippen LogP contribution in [0.25, 0.3) is 0 Å². The van der Waals surface area contributed by atoms with Crippen molar-refractivity contribution in [3.8, 4) is 0 Å². The molecule has 2 rings (SSSR count). The number of benzene rings is 2. The van der Waals surface area contributed by atoms with Crippen LogP contribution in [0.1, 0.15) is 34.8 Å². The number of halogens is 1. The van der Waals surface area contributed by atoms with Crippen molar-refractivity contribution in [2.45, 2.75) is 32.7 Å². The Hall–Kier alpha value is -1.36. The van der Waals surface area contributed by atoms with Gasteiger partial charge in [0, 0.05) is 9.61 Å². The number of hydrogen-bond donors (Lipinski definition) is 1. The molecule has 0 heterocycles. The highest BCUT2D eigenvalue weighted by Crippen LogP contribution is 2.14. The molecule has 0 radical (unpaired) electrons. The van der Waals surface area contributed by atoms with Gasteiger partial charge in [-0.2, -0.15) is 0 Å². The fraction of sp³-hybridized carbons (Fsp3) is 0.278. The Morgan fingerprint density at radius 2 is 1.90 bits per heavy atom. The topological polar surface area (TPSA) is 29.1 Å². The summed E-state index contributed by atoms with van der Waals surface area (Å²) in [5.41, 5.74) is 3.24. The summed E-state index contributed by atoms with van der Waals surface area (Å²) < 4.78 is 1.00. The van der Waals surface area contributed by atoms with E-state index in [2.05, 4.69) is 47.0 Å². The minimum atomic E-state index is 0.0139. The molecule has 110 valence electrons. The van der Waals surface area contributed by atoms with Gasteiger partial charge in [-0.1, -0.05) is 42.0 Å². The molecule has 0 saturated heterocycles. The largest absolute Gasteiger partial charge is 0.350 e. The van der Waals surface area contributed by atoms with Crippen molar-refractivity contribution >= 4 is 28.5 Å². The van der Waals surface area contributed by atoms with E-state index in [9.17, 15) is 4.79 Å². The molecule has 2 aromatic rings. The smallest absolute Gasteiger partial charge is 0.252 e. The standard InChI is InChI=1S/C18H20INO/c1-13-8-11-16(17(19)12-13)18(21)20-14(2)9-10-15-6-4-3-5-7-15/h3-8,11-12,14H,9-10H2,1-2H3,(H,20,21)/t14-/m1/s1. The highest BCUT2D eigenvalue weighted by atomic mass is 127. The third-order valence-electron chi connectivity index (χ3n) is 3.46. The first kappa shape index (κ1) is 16.0. The van der Waals surface area contributed by atoms with Crippen molar-refractivity contribution in [3.63, 3.8) is 0 Å². The van der Waals surface area contributed by atoms with Crippen molar-refractivity contribution in [1.29, 1.82) is 0 Å². The summed E-state index contributed by atoms with van der Waals surface area (Å²) >= 11 is 2.22. The van der Waals surface area contributed by atoms with Crippen LogP contribution < -0.4 is 5.32 Å². The number of carbonyl (C=O) groups excluding carboxylic acids is 1. The first-order valence-electron chi connectivity index (χ1n) is 7.17. The van der Waals surface area contributed by atoms with Crippen LogP contribution in [0.2, 0.25) is 0 Å². The Morgan fingerprint density at radius 3 is 2.57 bits per heavy atom. The summed E-state index contributed by atoms with van der Waals surface area (Å²) in [7, 11) is 0. The summed E-state index contributed by atoms with van der Waals surface area (Å²) in [6.45, 7) is 4.09. The van der Waals surface area contributed by atoms with Crippen LogP contribution in [0.3, 0.4) is 0 Å². The zero-order valence-corrected chi connectivity index (χ0v) is 14.6. The molecule has 0 aromatic heterocycles. The Labute approximate surface area is 140 Å². The maximum atomic E-state index is 12.3. The second-order valence-corrected chi connectivity index (χ2v) is 6.54. The molecular formula is C18H20INO. The number of carbonyl (C=O) groups is 1. The van der Waals surface area contributed by atoms with Gasteiger partial charge in [0.05, 0.1) is 5.56 Å². The molecule has 0 aliphatic heterocycles. The molecular weight excluding hydrogens is 373 g/mol. The predicted molar refractivity (Wildman–Crippen MR) is 95.6 cm³/mol. The van der Waals surface area contributed by atoms with Gasteiger partial charge >= 0.3 is 0 Å². The summed E-state index contributed by atoms with van der Waals surface area (Å²) in [5.74, 6) is 0.0139. The van der Waals surface area contributed by atoms with E-state index in [-0.39, 0.29) is 11.9 Å². The van der Waals surface area contributed by atoms with Gasteiger partial charge in [-0.15, -0.1) is 0 Å². The maximum absolute atomic E-state index is 12.3. The summed E-state index contributed by atoms with van der Waals surface area (Å²) in [5, 5.41) is 3.08. The van der Waals surface area contributed by atoms with Gasteiger partial charge in [0.25, 0.3) is 5.91 Å². The molecule has 2 aromatic carbocycles. The average molecular weight is 393 g/mol. The fourth-order valence-electron chi connectivity index (χ4n) is 2.21. The molecule has 1 N–H and O–H groups in total. The van der Waals surface area contributed by atoms with Crippen molar-refractivity contribution < 1.29 is 4.79 Å². The highest BCUT2D eigenvalue weighted by molar-refractivity contribution is 14.1. The van der Waals surface area contributed by atoms with Gasteiger partial charge in [-0.3, -0.25) is 4.79 Å². The zero-order chi connectivity index (χ0) is 15.2. The van der Waals surface area contributed by atoms with Gasteiger partial charge in [0.1, 0.15) is 0 Å². The van der Waals surface area contributed by atoms with Crippen LogP contribution in [0.4, 0.5) is 0 Å². The molecule has 0 unspecified atom stereocenters. The Morgan fingerprint density at radius 1 is 1.19 bits per heavy atom. The molecule has 0 saturated carbocycles. The van der Waals surface area contributed by atoms with E-state index in [4.69, 9.17) is 0 Å². The van der Waals surface area contributed by atoms with Gasteiger partial charge in [0.2, 0.25) is 0 Å². The number of amides is 1. The minimum Gasteiger partial charge on any atom is -0.350 e. The lowest BCUT2D eigenvalue weighted by Gasteiger charge is -2.15. The molecule has 1 amide bonds. The van der Waals surface area contributed by atoms with Crippen LogP contribution >= 0.6 is 22.6 Å². The van der Waals surface area contributed by atoms with E-state index in [1.165, 1.54) is 11.1 Å². The highest BCUT2D eigenvalue weighted by Gasteiger charge is 2.12. The van der Waals surface area contributed by atoms with E-state index in [0.717, 1.165) is 22.0 Å². The summed E-state index contributed by atoms with van der Waals surface area (Å²) in [4.78, 5) is 12.3. The molecule has 1 atom stereocenters. The Balaban J connectivity index is 1.90. The van der Waals surface area contributed by atoms with E-state index < -0.39 is 0 Å². The Kier molecular flexibility index (Phi) is 5.79. The second-order valence-electron chi connectivity index (χ2n) is 5.38. The third kappa shape index (κ3) is 4.84. The molecule has 0 aliphatic rings. The maximum Gasteiger partial charge on any atom is 0.252 e. The van der Waals surface area contributed by atoms with Crippen molar-refractivity contribution in [2.24, 2.45) is 0 Å². The van der Waals surface area contributed by atoms with Gasteiger partial charge in [-0.05, 0) is 67.0 Å². The van der Waals surface area contributed by atoms with Crippen molar-refractivity contribution in [2.75, 3.05) is 0 Å².